The van der Waals surface area contributed by atoms with Crippen molar-refractivity contribution in [3.05, 3.63) is 35.4 Å². The van der Waals surface area contributed by atoms with Gasteiger partial charge in [0.25, 0.3) is 0 Å². The van der Waals surface area contributed by atoms with Gasteiger partial charge in [-0.25, -0.2) is 0 Å². The average Bonchev–Trinajstić information content (AvgIpc) is 2.65. The predicted octanol–water partition coefficient (Wildman–Crippen LogP) is 4.02. The standard InChI is InChI=1S/C16H25N/c17-12-6-8-14-7-5-11-16(13-14)15-9-3-1-2-4-10-15/h5,7,11,13,15H,1-4,6,8-10,12,17H2. The Morgan fingerprint density at radius 2 is 1.82 bits per heavy atom. The highest BCUT2D eigenvalue weighted by Gasteiger charge is 2.14. The van der Waals surface area contributed by atoms with Crippen molar-refractivity contribution < 1.29 is 0 Å². The number of aryl methyl sites for hydroxylation is 1. The van der Waals surface area contributed by atoms with Crippen LogP contribution >= 0.6 is 0 Å². The highest BCUT2D eigenvalue weighted by molar-refractivity contribution is 5.26. The molecule has 1 aromatic carbocycles. The van der Waals surface area contributed by atoms with Gasteiger partial charge < -0.3 is 5.73 Å². The van der Waals surface area contributed by atoms with E-state index in [-0.39, 0.29) is 0 Å². The van der Waals surface area contributed by atoms with Gasteiger partial charge in [0.15, 0.2) is 0 Å². The molecule has 1 aliphatic rings. The zero-order valence-electron chi connectivity index (χ0n) is 10.8. The van der Waals surface area contributed by atoms with Crippen molar-refractivity contribution >= 4 is 0 Å². The van der Waals surface area contributed by atoms with E-state index in [4.69, 9.17) is 5.73 Å². The molecule has 2 N–H and O–H groups in total. The summed E-state index contributed by atoms with van der Waals surface area (Å²) in [7, 11) is 0. The molecule has 94 valence electrons. The molecule has 0 amide bonds. The summed E-state index contributed by atoms with van der Waals surface area (Å²) in [6.07, 6.45) is 10.7. The molecule has 1 heteroatoms. The van der Waals surface area contributed by atoms with Gasteiger partial charge >= 0.3 is 0 Å². The van der Waals surface area contributed by atoms with Crippen molar-refractivity contribution in [2.24, 2.45) is 5.73 Å². The molecule has 1 aliphatic carbocycles. The summed E-state index contributed by atoms with van der Waals surface area (Å²) >= 11 is 0. The molecule has 1 nitrogen and oxygen atoms in total. The molecule has 0 aromatic heterocycles. The second-order valence-corrected chi connectivity index (χ2v) is 5.33. The quantitative estimate of drug-likeness (QED) is 0.778. The lowest BCUT2D eigenvalue weighted by atomic mass is 9.90. The van der Waals surface area contributed by atoms with Crippen LogP contribution in [0.25, 0.3) is 0 Å². The molecule has 0 spiro atoms. The molecule has 0 unspecified atom stereocenters. The highest BCUT2D eigenvalue weighted by atomic mass is 14.5. The van der Waals surface area contributed by atoms with Crippen LogP contribution in [0.1, 0.15) is 62.0 Å². The Balaban J connectivity index is 2.03. The first kappa shape index (κ1) is 12.6. The van der Waals surface area contributed by atoms with Gasteiger partial charge in [-0.1, -0.05) is 49.9 Å². The Kier molecular flexibility index (Phi) is 5.06. The van der Waals surface area contributed by atoms with Crippen LogP contribution in [-0.4, -0.2) is 6.54 Å². The van der Waals surface area contributed by atoms with E-state index in [1.807, 2.05) is 0 Å². The smallest absolute Gasteiger partial charge is 0.00741 e. The minimum absolute atomic E-state index is 0.799. The van der Waals surface area contributed by atoms with Crippen LogP contribution < -0.4 is 5.73 Å². The van der Waals surface area contributed by atoms with Gasteiger partial charge in [-0.15, -0.1) is 0 Å². The number of hydrogen-bond acceptors (Lipinski definition) is 1. The lowest BCUT2D eigenvalue weighted by molar-refractivity contribution is 0.591. The molecule has 1 saturated carbocycles. The van der Waals surface area contributed by atoms with E-state index in [1.165, 1.54) is 44.1 Å². The summed E-state index contributed by atoms with van der Waals surface area (Å²) in [6.45, 7) is 0.799. The zero-order chi connectivity index (χ0) is 11.9. The normalized spacial score (nSPS) is 17.9. The average molecular weight is 231 g/mol. The maximum atomic E-state index is 5.58. The van der Waals surface area contributed by atoms with Crippen molar-refractivity contribution in [3.63, 3.8) is 0 Å². The summed E-state index contributed by atoms with van der Waals surface area (Å²) in [5.74, 6) is 0.815. The van der Waals surface area contributed by atoms with E-state index in [0.29, 0.717) is 0 Å². The molecule has 0 radical (unpaired) electrons. The summed E-state index contributed by atoms with van der Waals surface area (Å²) < 4.78 is 0. The Bertz CT molecular complexity index is 324. The fourth-order valence-electron chi connectivity index (χ4n) is 2.92. The molecule has 0 heterocycles. The molecule has 2 rings (SSSR count). The second-order valence-electron chi connectivity index (χ2n) is 5.33. The SMILES string of the molecule is NCCCc1cccc(C2CCCCCC2)c1. The molecule has 0 aliphatic heterocycles. The Labute approximate surface area is 105 Å². The topological polar surface area (TPSA) is 26.0 Å². The summed E-state index contributed by atoms with van der Waals surface area (Å²) in [5, 5.41) is 0. The monoisotopic (exact) mass is 231 g/mol. The van der Waals surface area contributed by atoms with E-state index in [0.717, 1.165) is 25.3 Å². The largest absolute Gasteiger partial charge is 0.330 e. The van der Waals surface area contributed by atoms with Crippen LogP contribution in [0.5, 0.6) is 0 Å². The van der Waals surface area contributed by atoms with Crippen LogP contribution in [0, 0.1) is 0 Å². The molecule has 1 aromatic rings. The van der Waals surface area contributed by atoms with Gasteiger partial charge in [0, 0.05) is 0 Å². The van der Waals surface area contributed by atoms with Crippen molar-refractivity contribution in [1.29, 1.82) is 0 Å². The maximum Gasteiger partial charge on any atom is -0.00741 e. The van der Waals surface area contributed by atoms with Crippen molar-refractivity contribution in [2.45, 2.75) is 57.3 Å². The maximum absolute atomic E-state index is 5.58. The third-order valence-corrected chi connectivity index (χ3v) is 3.95. The fraction of sp³-hybridized carbons (Fsp3) is 0.625. The third kappa shape index (κ3) is 3.85. The van der Waals surface area contributed by atoms with E-state index in [1.54, 1.807) is 5.56 Å². The third-order valence-electron chi connectivity index (χ3n) is 3.95. The molecule has 1 fully saturated rings. The van der Waals surface area contributed by atoms with Crippen LogP contribution in [0.4, 0.5) is 0 Å². The van der Waals surface area contributed by atoms with Gasteiger partial charge in [-0.2, -0.15) is 0 Å². The Morgan fingerprint density at radius 1 is 1.06 bits per heavy atom. The first-order chi connectivity index (χ1) is 8.40. The number of hydrogen-bond donors (Lipinski definition) is 1. The van der Waals surface area contributed by atoms with Gasteiger partial charge in [-0.3, -0.25) is 0 Å². The van der Waals surface area contributed by atoms with Crippen LogP contribution in [0.2, 0.25) is 0 Å². The minimum Gasteiger partial charge on any atom is -0.330 e. The van der Waals surface area contributed by atoms with E-state index in [2.05, 4.69) is 24.3 Å². The Hall–Kier alpha value is -0.820. The number of nitrogens with two attached hydrogens (primary N) is 1. The molecule has 0 saturated heterocycles. The lowest BCUT2D eigenvalue weighted by Crippen LogP contribution is -2.02. The van der Waals surface area contributed by atoms with E-state index in [9.17, 15) is 0 Å². The summed E-state index contributed by atoms with van der Waals surface area (Å²) in [6, 6.07) is 9.22. The zero-order valence-corrected chi connectivity index (χ0v) is 10.8. The highest BCUT2D eigenvalue weighted by Crippen LogP contribution is 2.31. The molecule has 0 atom stereocenters. The summed E-state index contributed by atoms with van der Waals surface area (Å²) in [4.78, 5) is 0. The van der Waals surface area contributed by atoms with Crippen LogP contribution in [0.3, 0.4) is 0 Å². The lowest BCUT2D eigenvalue weighted by Gasteiger charge is -2.15. The van der Waals surface area contributed by atoms with Gasteiger partial charge in [0.1, 0.15) is 0 Å². The van der Waals surface area contributed by atoms with Crippen molar-refractivity contribution in [1.82, 2.24) is 0 Å². The first-order valence-electron chi connectivity index (χ1n) is 7.19. The van der Waals surface area contributed by atoms with Gasteiger partial charge in [0.05, 0.1) is 0 Å². The van der Waals surface area contributed by atoms with E-state index < -0.39 is 0 Å². The van der Waals surface area contributed by atoms with Gasteiger partial charge in [0.2, 0.25) is 0 Å². The van der Waals surface area contributed by atoms with Crippen LogP contribution in [0.15, 0.2) is 24.3 Å². The molecular formula is C16H25N. The molecule has 17 heavy (non-hydrogen) atoms. The predicted molar refractivity (Wildman–Crippen MR) is 74.3 cm³/mol. The van der Waals surface area contributed by atoms with Gasteiger partial charge in [-0.05, 0) is 49.3 Å². The summed E-state index contributed by atoms with van der Waals surface area (Å²) in [5.41, 5.74) is 8.62. The number of rotatable bonds is 4. The number of benzene rings is 1. The Morgan fingerprint density at radius 3 is 2.53 bits per heavy atom. The fourth-order valence-corrected chi connectivity index (χ4v) is 2.92. The second kappa shape index (κ2) is 6.80. The first-order valence-corrected chi connectivity index (χ1v) is 7.19. The van der Waals surface area contributed by atoms with Crippen molar-refractivity contribution in [3.8, 4) is 0 Å². The molecular weight excluding hydrogens is 206 g/mol. The van der Waals surface area contributed by atoms with Crippen molar-refractivity contribution in [2.75, 3.05) is 6.54 Å². The van der Waals surface area contributed by atoms with E-state index >= 15 is 0 Å². The molecule has 0 bridgehead atoms. The minimum atomic E-state index is 0.799. The van der Waals surface area contributed by atoms with Crippen LogP contribution in [-0.2, 0) is 6.42 Å².